The molecule has 0 amide bonds. The molecule has 2 aromatic carbocycles. The van der Waals surface area contributed by atoms with Gasteiger partial charge in [-0.15, -0.1) is 0 Å². The first kappa shape index (κ1) is 13.2. The normalized spacial score (nSPS) is 11.9. The van der Waals surface area contributed by atoms with E-state index >= 15 is 0 Å². The molecule has 19 heavy (non-hydrogen) atoms. The Morgan fingerprint density at radius 3 is 2.05 bits per heavy atom. The van der Waals surface area contributed by atoms with Crippen molar-refractivity contribution in [1.82, 2.24) is 0 Å². The van der Waals surface area contributed by atoms with E-state index in [0.717, 1.165) is 11.1 Å². The molecule has 4 heteroatoms. The van der Waals surface area contributed by atoms with Crippen LogP contribution in [-0.2, 0) is 0 Å². The summed E-state index contributed by atoms with van der Waals surface area (Å²) in [5.41, 5.74) is 7.82. The van der Waals surface area contributed by atoms with Crippen molar-refractivity contribution in [1.29, 1.82) is 0 Å². The number of benzene rings is 2. The highest BCUT2D eigenvalue weighted by atomic mass is 16.5. The topological polar surface area (TPSA) is 64.7 Å². The lowest BCUT2D eigenvalue weighted by molar-refractivity contribution is 0.219. The molecule has 0 heterocycles. The first-order valence-electron chi connectivity index (χ1n) is 5.91. The molecule has 0 aliphatic carbocycles. The quantitative estimate of drug-likeness (QED) is 0.827. The smallest absolute Gasteiger partial charge is 0.161 e. The molecule has 2 aromatic rings. The molecule has 0 saturated carbocycles. The highest BCUT2D eigenvalue weighted by molar-refractivity contribution is 5.46. The molecular formula is C15H17NO3. The van der Waals surface area contributed by atoms with Gasteiger partial charge in [0, 0.05) is 5.69 Å². The maximum absolute atomic E-state index is 10.3. The summed E-state index contributed by atoms with van der Waals surface area (Å²) in [6.45, 7) is 0. The van der Waals surface area contributed by atoms with E-state index in [9.17, 15) is 5.11 Å². The number of aliphatic hydroxyl groups is 1. The van der Waals surface area contributed by atoms with E-state index in [1.165, 1.54) is 0 Å². The first-order valence-corrected chi connectivity index (χ1v) is 5.91. The maximum Gasteiger partial charge on any atom is 0.161 e. The van der Waals surface area contributed by atoms with Crippen LogP contribution in [0.25, 0.3) is 0 Å². The number of nitrogens with two attached hydrogens (primary N) is 1. The molecule has 0 radical (unpaired) electrons. The van der Waals surface area contributed by atoms with Crippen molar-refractivity contribution >= 4 is 5.69 Å². The molecule has 1 atom stereocenters. The van der Waals surface area contributed by atoms with E-state index in [4.69, 9.17) is 15.2 Å². The number of hydrogen-bond acceptors (Lipinski definition) is 4. The summed E-state index contributed by atoms with van der Waals surface area (Å²) < 4.78 is 10.4. The van der Waals surface area contributed by atoms with Crippen molar-refractivity contribution < 1.29 is 14.6 Å². The molecule has 0 spiro atoms. The average Bonchev–Trinajstić information content (AvgIpc) is 2.46. The summed E-state index contributed by atoms with van der Waals surface area (Å²) >= 11 is 0. The Hall–Kier alpha value is -2.20. The molecular weight excluding hydrogens is 242 g/mol. The Labute approximate surface area is 112 Å². The number of ether oxygens (including phenoxy) is 2. The molecule has 3 N–H and O–H groups in total. The summed E-state index contributed by atoms with van der Waals surface area (Å²) in [6, 6.07) is 12.5. The molecule has 0 unspecified atom stereocenters. The summed E-state index contributed by atoms with van der Waals surface area (Å²) in [4.78, 5) is 0. The largest absolute Gasteiger partial charge is 0.493 e. The third-order valence-corrected chi connectivity index (χ3v) is 2.98. The van der Waals surface area contributed by atoms with Crippen LogP contribution in [0.4, 0.5) is 5.69 Å². The molecule has 2 rings (SSSR count). The Morgan fingerprint density at radius 1 is 0.895 bits per heavy atom. The molecule has 0 aliphatic rings. The second-order valence-corrected chi connectivity index (χ2v) is 4.18. The van der Waals surface area contributed by atoms with Crippen LogP contribution in [0.2, 0.25) is 0 Å². The van der Waals surface area contributed by atoms with Crippen LogP contribution in [0, 0.1) is 0 Å². The van der Waals surface area contributed by atoms with Crippen LogP contribution < -0.4 is 15.2 Å². The van der Waals surface area contributed by atoms with Crippen LogP contribution in [0.1, 0.15) is 17.2 Å². The van der Waals surface area contributed by atoms with Crippen molar-refractivity contribution in [2.24, 2.45) is 0 Å². The Morgan fingerprint density at radius 2 is 1.47 bits per heavy atom. The van der Waals surface area contributed by atoms with Crippen LogP contribution in [0.15, 0.2) is 42.5 Å². The zero-order chi connectivity index (χ0) is 13.8. The SMILES string of the molecule is COc1ccc([C@H](O)c2ccc(N)cc2)cc1OC. The number of hydrogen-bond donors (Lipinski definition) is 2. The predicted molar refractivity (Wildman–Crippen MR) is 74.5 cm³/mol. The van der Waals surface area contributed by atoms with Crippen molar-refractivity contribution in [3.8, 4) is 11.5 Å². The van der Waals surface area contributed by atoms with Gasteiger partial charge in [-0.05, 0) is 35.4 Å². The lowest BCUT2D eigenvalue weighted by Gasteiger charge is -2.14. The first-order chi connectivity index (χ1) is 9.15. The standard InChI is InChI=1S/C15H17NO3/c1-18-13-8-5-11(9-14(13)19-2)15(17)10-3-6-12(16)7-4-10/h3-9,15,17H,16H2,1-2H3/t15-/m1/s1. The van der Waals surface area contributed by atoms with E-state index in [2.05, 4.69) is 0 Å². The summed E-state index contributed by atoms with van der Waals surface area (Å²) in [5.74, 6) is 1.23. The zero-order valence-corrected chi connectivity index (χ0v) is 11.0. The molecule has 0 bridgehead atoms. The molecule has 0 fully saturated rings. The minimum absolute atomic E-state index is 0.592. The van der Waals surface area contributed by atoms with Gasteiger partial charge in [-0.25, -0.2) is 0 Å². The number of anilines is 1. The fourth-order valence-electron chi connectivity index (χ4n) is 1.89. The number of aliphatic hydroxyl groups excluding tert-OH is 1. The Balaban J connectivity index is 2.33. The van der Waals surface area contributed by atoms with Gasteiger partial charge in [0.05, 0.1) is 14.2 Å². The highest BCUT2D eigenvalue weighted by Crippen LogP contribution is 2.32. The fourth-order valence-corrected chi connectivity index (χ4v) is 1.89. The number of methoxy groups -OCH3 is 2. The van der Waals surface area contributed by atoms with Gasteiger partial charge in [0.15, 0.2) is 11.5 Å². The minimum atomic E-state index is -0.722. The Bertz CT molecular complexity index is 552. The van der Waals surface area contributed by atoms with Crippen molar-refractivity contribution in [3.63, 3.8) is 0 Å². The van der Waals surface area contributed by atoms with Gasteiger partial charge >= 0.3 is 0 Å². The van der Waals surface area contributed by atoms with Gasteiger partial charge in [0.25, 0.3) is 0 Å². The van der Waals surface area contributed by atoms with Gasteiger partial charge in [-0.2, -0.15) is 0 Å². The van der Waals surface area contributed by atoms with E-state index in [1.54, 1.807) is 50.6 Å². The van der Waals surface area contributed by atoms with Crippen LogP contribution in [0.3, 0.4) is 0 Å². The van der Waals surface area contributed by atoms with E-state index in [0.29, 0.717) is 17.2 Å². The molecule has 0 aliphatic heterocycles. The summed E-state index contributed by atoms with van der Waals surface area (Å²) in [7, 11) is 3.14. The summed E-state index contributed by atoms with van der Waals surface area (Å²) in [6.07, 6.45) is -0.722. The molecule has 100 valence electrons. The fraction of sp³-hybridized carbons (Fsp3) is 0.200. The predicted octanol–water partition coefficient (Wildman–Crippen LogP) is 2.37. The highest BCUT2D eigenvalue weighted by Gasteiger charge is 2.13. The van der Waals surface area contributed by atoms with E-state index < -0.39 is 6.10 Å². The van der Waals surface area contributed by atoms with E-state index in [1.807, 2.05) is 6.07 Å². The third kappa shape index (κ3) is 2.80. The molecule has 4 nitrogen and oxygen atoms in total. The van der Waals surface area contributed by atoms with Crippen LogP contribution in [-0.4, -0.2) is 19.3 Å². The van der Waals surface area contributed by atoms with Crippen molar-refractivity contribution in [3.05, 3.63) is 53.6 Å². The molecule has 0 saturated heterocycles. The monoisotopic (exact) mass is 259 g/mol. The Kier molecular flexibility index (Phi) is 3.92. The van der Waals surface area contributed by atoms with Crippen molar-refractivity contribution in [2.45, 2.75) is 6.10 Å². The third-order valence-electron chi connectivity index (χ3n) is 2.98. The van der Waals surface area contributed by atoms with Gasteiger partial charge < -0.3 is 20.3 Å². The van der Waals surface area contributed by atoms with Gasteiger partial charge in [-0.1, -0.05) is 18.2 Å². The second kappa shape index (κ2) is 5.63. The van der Waals surface area contributed by atoms with Gasteiger partial charge in [0.1, 0.15) is 6.10 Å². The van der Waals surface area contributed by atoms with Gasteiger partial charge in [0.2, 0.25) is 0 Å². The molecule has 0 aromatic heterocycles. The van der Waals surface area contributed by atoms with Crippen molar-refractivity contribution in [2.75, 3.05) is 20.0 Å². The minimum Gasteiger partial charge on any atom is -0.493 e. The number of nitrogen functional groups attached to an aromatic ring is 1. The second-order valence-electron chi connectivity index (χ2n) is 4.18. The maximum atomic E-state index is 10.3. The summed E-state index contributed by atoms with van der Waals surface area (Å²) in [5, 5.41) is 10.3. The zero-order valence-electron chi connectivity index (χ0n) is 11.0. The van der Waals surface area contributed by atoms with Crippen LogP contribution in [0.5, 0.6) is 11.5 Å². The lowest BCUT2D eigenvalue weighted by atomic mass is 10.0. The van der Waals surface area contributed by atoms with Gasteiger partial charge in [-0.3, -0.25) is 0 Å². The van der Waals surface area contributed by atoms with Crippen LogP contribution >= 0.6 is 0 Å². The average molecular weight is 259 g/mol. The number of rotatable bonds is 4. The lowest BCUT2D eigenvalue weighted by Crippen LogP contribution is -2.01. The van der Waals surface area contributed by atoms with E-state index in [-0.39, 0.29) is 0 Å².